The van der Waals surface area contributed by atoms with Gasteiger partial charge < -0.3 is 15.0 Å². The van der Waals surface area contributed by atoms with Crippen LogP contribution in [0.1, 0.15) is 26.3 Å². The van der Waals surface area contributed by atoms with E-state index in [0.717, 1.165) is 44.3 Å². The molecule has 5 heteroatoms. The highest BCUT2D eigenvalue weighted by Gasteiger charge is 2.28. The van der Waals surface area contributed by atoms with Crippen molar-refractivity contribution in [1.82, 2.24) is 15.3 Å². The average Bonchev–Trinajstić information content (AvgIpc) is 2.36. The summed E-state index contributed by atoms with van der Waals surface area (Å²) in [7, 11) is 0. The van der Waals surface area contributed by atoms with Crippen LogP contribution < -0.4 is 10.2 Å². The standard InChI is InChI=1S/C13H22N4O/c1-4-14-7-11-8-15-12(16-9-11)17-5-6-18-13(2,3)10-17/h8-9,14H,4-7,10H2,1-3H3. The second kappa shape index (κ2) is 5.63. The Balaban J connectivity index is 2.00. The number of anilines is 1. The van der Waals surface area contributed by atoms with Crippen LogP contribution in [-0.4, -0.2) is 41.8 Å². The lowest BCUT2D eigenvalue weighted by atomic mass is 10.1. The zero-order valence-corrected chi connectivity index (χ0v) is 11.4. The molecule has 0 saturated carbocycles. The Morgan fingerprint density at radius 2 is 2.11 bits per heavy atom. The molecule has 0 bridgehead atoms. The van der Waals surface area contributed by atoms with Gasteiger partial charge in [0.1, 0.15) is 0 Å². The van der Waals surface area contributed by atoms with Crippen molar-refractivity contribution in [2.75, 3.05) is 31.1 Å². The highest BCUT2D eigenvalue weighted by Crippen LogP contribution is 2.19. The Labute approximate surface area is 109 Å². The summed E-state index contributed by atoms with van der Waals surface area (Å²) in [6, 6.07) is 0. The SMILES string of the molecule is CCNCc1cnc(N2CCOC(C)(C)C2)nc1. The van der Waals surface area contributed by atoms with Crippen LogP contribution in [0.25, 0.3) is 0 Å². The van der Waals surface area contributed by atoms with E-state index in [1.54, 1.807) is 0 Å². The van der Waals surface area contributed by atoms with Crippen molar-refractivity contribution in [3.8, 4) is 0 Å². The van der Waals surface area contributed by atoms with Gasteiger partial charge in [0.2, 0.25) is 5.95 Å². The van der Waals surface area contributed by atoms with Crippen LogP contribution in [0, 0.1) is 0 Å². The van der Waals surface area contributed by atoms with E-state index in [2.05, 4.69) is 41.0 Å². The molecule has 0 spiro atoms. The molecule has 1 aliphatic heterocycles. The van der Waals surface area contributed by atoms with Gasteiger partial charge in [0.15, 0.2) is 0 Å². The van der Waals surface area contributed by atoms with Gasteiger partial charge in [0, 0.05) is 37.6 Å². The summed E-state index contributed by atoms with van der Waals surface area (Å²) in [6.45, 7) is 10.5. The van der Waals surface area contributed by atoms with E-state index in [0.29, 0.717) is 0 Å². The van der Waals surface area contributed by atoms with Gasteiger partial charge in [0.25, 0.3) is 0 Å². The van der Waals surface area contributed by atoms with E-state index in [4.69, 9.17) is 4.74 Å². The van der Waals surface area contributed by atoms with Gasteiger partial charge in [-0.25, -0.2) is 9.97 Å². The first-order valence-electron chi connectivity index (χ1n) is 6.51. The van der Waals surface area contributed by atoms with Gasteiger partial charge in [-0.1, -0.05) is 6.92 Å². The fraction of sp³-hybridized carbons (Fsp3) is 0.692. The predicted molar refractivity (Wildman–Crippen MR) is 71.7 cm³/mol. The quantitative estimate of drug-likeness (QED) is 0.870. The van der Waals surface area contributed by atoms with E-state index in [9.17, 15) is 0 Å². The Morgan fingerprint density at radius 1 is 1.39 bits per heavy atom. The maximum atomic E-state index is 5.69. The van der Waals surface area contributed by atoms with Crippen molar-refractivity contribution in [1.29, 1.82) is 0 Å². The number of nitrogens with one attached hydrogen (secondary N) is 1. The number of aromatic nitrogens is 2. The zero-order chi connectivity index (χ0) is 13.0. The second-order valence-electron chi connectivity index (χ2n) is 5.20. The maximum absolute atomic E-state index is 5.69. The average molecular weight is 250 g/mol. The second-order valence-corrected chi connectivity index (χ2v) is 5.20. The number of hydrogen-bond donors (Lipinski definition) is 1. The zero-order valence-electron chi connectivity index (χ0n) is 11.4. The molecule has 0 unspecified atom stereocenters. The molecule has 1 fully saturated rings. The van der Waals surface area contributed by atoms with Gasteiger partial charge in [-0.2, -0.15) is 0 Å². The lowest BCUT2D eigenvalue weighted by Crippen LogP contribution is -2.49. The van der Waals surface area contributed by atoms with Crippen molar-refractivity contribution in [2.24, 2.45) is 0 Å². The monoisotopic (exact) mass is 250 g/mol. The molecule has 1 aliphatic rings. The lowest BCUT2D eigenvalue weighted by molar-refractivity contribution is -0.0281. The summed E-state index contributed by atoms with van der Waals surface area (Å²) in [5, 5.41) is 3.26. The molecular weight excluding hydrogens is 228 g/mol. The van der Waals surface area contributed by atoms with E-state index in [1.165, 1.54) is 0 Å². The number of morpholine rings is 1. The highest BCUT2D eigenvalue weighted by atomic mass is 16.5. The topological polar surface area (TPSA) is 50.3 Å². The normalized spacial score (nSPS) is 18.9. The number of hydrogen-bond acceptors (Lipinski definition) is 5. The smallest absolute Gasteiger partial charge is 0.225 e. The molecule has 1 saturated heterocycles. The summed E-state index contributed by atoms with van der Waals surface area (Å²) < 4.78 is 5.69. The maximum Gasteiger partial charge on any atom is 0.225 e. The van der Waals surface area contributed by atoms with Gasteiger partial charge in [-0.15, -0.1) is 0 Å². The molecule has 1 aromatic rings. The minimum absolute atomic E-state index is 0.121. The third-order valence-electron chi connectivity index (χ3n) is 2.98. The van der Waals surface area contributed by atoms with Crippen LogP contribution >= 0.6 is 0 Å². The molecule has 2 rings (SSSR count). The minimum atomic E-state index is -0.121. The van der Waals surface area contributed by atoms with Crippen LogP contribution in [0.4, 0.5) is 5.95 Å². The number of nitrogens with zero attached hydrogens (tertiary/aromatic N) is 3. The highest BCUT2D eigenvalue weighted by molar-refractivity contribution is 5.31. The van der Waals surface area contributed by atoms with Crippen LogP contribution in [0.5, 0.6) is 0 Å². The van der Waals surface area contributed by atoms with Gasteiger partial charge in [-0.05, 0) is 20.4 Å². The van der Waals surface area contributed by atoms with Crippen LogP contribution in [-0.2, 0) is 11.3 Å². The number of ether oxygens (including phenoxy) is 1. The van der Waals surface area contributed by atoms with Crippen molar-refractivity contribution >= 4 is 5.95 Å². The third kappa shape index (κ3) is 3.40. The molecule has 18 heavy (non-hydrogen) atoms. The molecule has 5 nitrogen and oxygen atoms in total. The first-order valence-corrected chi connectivity index (χ1v) is 6.51. The van der Waals surface area contributed by atoms with Gasteiger partial charge in [0.05, 0.1) is 12.2 Å². The summed E-state index contributed by atoms with van der Waals surface area (Å²) in [6.07, 6.45) is 3.79. The van der Waals surface area contributed by atoms with Crippen molar-refractivity contribution in [3.05, 3.63) is 18.0 Å². The molecule has 100 valence electrons. The molecular formula is C13H22N4O. The summed E-state index contributed by atoms with van der Waals surface area (Å²) in [5.41, 5.74) is 0.998. The van der Waals surface area contributed by atoms with E-state index < -0.39 is 0 Å². The predicted octanol–water partition coefficient (Wildman–Crippen LogP) is 1.20. The Hall–Kier alpha value is -1.20. The largest absolute Gasteiger partial charge is 0.372 e. The van der Waals surface area contributed by atoms with Crippen LogP contribution in [0.3, 0.4) is 0 Å². The molecule has 1 N–H and O–H groups in total. The molecule has 2 heterocycles. The fourth-order valence-corrected chi connectivity index (χ4v) is 2.06. The molecule has 0 radical (unpaired) electrons. The first-order chi connectivity index (χ1) is 8.61. The Kier molecular flexibility index (Phi) is 4.14. The summed E-state index contributed by atoms with van der Waals surface area (Å²) in [5.74, 6) is 0.798. The molecule has 1 aromatic heterocycles. The minimum Gasteiger partial charge on any atom is -0.372 e. The molecule has 0 aliphatic carbocycles. The van der Waals surface area contributed by atoms with E-state index >= 15 is 0 Å². The van der Waals surface area contributed by atoms with Crippen molar-refractivity contribution < 1.29 is 4.74 Å². The van der Waals surface area contributed by atoms with Crippen LogP contribution in [0.2, 0.25) is 0 Å². The Bertz CT molecular complexity index is 377. The summed E-state index contributed by atoms with van der Waals surface area (Å²) >= 11 is 0. The fourth-order valence-electron chi connectivity index (χ4n) is 2.06. The van der Waals surface area contributed by atoms with E-state index in [-0.39, 0.29) is 5.60 Å². The van der Waals surface area contributed by atoms with Gasteiger partial charge in [-0.3, -0.25) is 0 Å². The first kappa shape index (κ1) is 13.2. The molecule has 0 atom stereocenters. The summed E-state index contributed by atoms with van der Waals surface area (Å²) in [4.78, 5) is 11.1. The van der Waals surface area contributed by atoms with Crippen molar-refractivity contribution in [3.63, 3.8) is 0 Å². The van der Waals surface area contributed by atoms with Crippen LogP contribution in [0.15, 0.2) is 12.4 Å². The Morgan fingerprint density at radius 3 is 2.72 bits per heavy atom. The molecule has 0 amide bonds. The van der Waals surface area contributed by atoms with Crippen molar-refractivity contribution in [2.45, 2.75) is 32.9 Å². The third-order valence-corrected chi connectivity index (χ3v) is 2.98. The number of rotatable bonds is 4. The lowest BCUT2D eigenvalue weighted by Gasteiger charge is -2.38. The van der Waals surface area contributed by atoms with Gasteiger partial charge >= 0.3 is 0 Å². The van der Waals surface area contributed by atoms with E-state index in [1.807, 2.05) is 12.4 Å². The molecule has 0 aromatic carbocycles.